The summed E-state index contributed by atoms with van der Waals surface area (Å²) in [5, 5.41) is 0. The molecule has 2 rings (SSSR count). The van der Waals surface area contributed by atoms with Crippen LogP contribution in [0.1, 0.15) is 46.0 Å². The van der Waals surface area contributed by atoms with Crippen LogP contribution in [0.25, 0.3) is 0 Å². The molecule has 0 aromatic carbocycles. The molecule has 2 N–H and O–H groups in total. The second-order valence-corrected chi connectivity index (χ2v) is 4.74. The average Bonchev–Trinajstić information content (AvgIpc) is 2.72. The molecule has 0 amide bonds. The molecule has 2 aliphatic carbocycles. The number of ether oxygens (including phenoxy) is 1. The highest BCUT2D eigenvalue weighted by Gasteiger charge is 2.21. The Balaban J connectivity index is 2.03. The monoisotopic (exact) mass is 207 g/mol. The maximum Gasteiger partial charge on any atom is 0.118 e. The van der Waals surface area contributed by atoms with Gasteiger partial charge in [0.25, 0.3) is 0 Å². The third-order valence-corrected chi connectivity index (χ3v) is 3.67. The molecule has 1 saturated carbocycles. The lowest BCUT2D eigenvalue weighted by molar-refractivity contribution is 0.126. The smallest absolute Gasteiger partial charge is 0.118 e. The Morgan fingerprint density at radius 1 is 1.27 bits per heavy atom. The zero-order valence-electron chi connectivity index (χ0n) is 9.75. The highest BCUT2D eigenvalue weighted by atomic mass is 16.5. The lowest BCUT2D eigenvalue weighted by Crippen LogP contribution is -2.25. The van der Waals surface area contributed by atoms with Gasteiger partial charge in [0, 0.05) is 6.04 Å². The van der Waals surface area contributed by atoms with E-state index in [1.54, 1.807) is 0 Å². The van der Waals surface area contributed by atoms with Gasteiger partial charge in [-0.2, -0.15) is 0 Å². The van der Waals surface area contributed by atoms with E-state index in [1.807, 2.05) is 0 Å². The van der Waals surface area contributed by atoms with E-state index in [0.29, 0.717) is 6.10 Å². The van der Waals surface area contributed by atoms with E-state index in [9.17, 15) is 0 Å². The summed E-state index contributed by atoms with van der Waals surface area (Å²) in [5.74, 6) is 1.08. The van der Waals surface area contributed by atoms with Gasteiger partial charge in [0.05, 0.1) is 6.10 Å². The second-order valence-electron chi connectivity index (χ2n) is 4.74. The quantitative estimate of drug-likeness (QED) is 0.755. The lowest BCUT2D eigenvalue weighted by atomic mass is 9.94. The molecule has 15 heavy (non-hydrogen) atoms. The van der Waals surface area contributed by atoms with Crippen molar-refractivity contribution < 1.29 is 4.74 Å². The van der Waals surface area contributed by atoms with E-state index in [2.05, 4.69) is 19.9 Å². The Kier molecular flexibility index (Phi) is 3.15. The summed E-state index contributed by atoms with van der Waals surface area (Å²) in [7, 11) is 0. The predicted octanol–water partition coefficient (Wildman–Crippen LogP) is 2.90. The van der Waals surface area contributed by atoms with Gasteiger partial charge < -0.3 is 10.5 Å². The Morgan fingerprint density at radius 3 is 2.60 bits per heavy atom. The van der Waals surface area contributed by atoms with Crippen LogP contribution >= 0.6 is 0 Å². The zero-order valence-corrected chi connectivity index (χ0v) is 9.75. The predicted molar refractivity (Wildman–Crippen MR) is 62.4 cm³/mol. The molecule has 0 spiro atoms. The number of hydrogen-bond donors (Lipinski definition) is 1. The van der Waals surface area contributed by atoms with E-state index in [4.69, 9.17) is 10.5 Å². The fraction of sp³-hybridized carbons (Fsp3) is 0.692. The summed E-state index contributed by atoms with van der Waals surface area (Å²) in [6, 6.07) is 0.195. The summed E-state index contributed by atoms with van der Waals surface area (Å²) in [5.41, 5.74) is 8.51. The second kappa shape index (κ2) is 4.40. The molecular weight excluding hydrogens is 186 g/mol. The molecule has 1 atom stereocenters. The summed E-state index contributed by atoms with van der Waals surface area (Å²) in [6.45, 7) is 4.24. The molecule has 0 bridgehead atoms. The van der Waals surface area contributed by atoms with Gasteiger partial charge in [-0.3, -0.25) is 0 Å². The van der Waals surface area contributed by atoms with Crippen molar-refractivity contribution in [3.8, 4) is 0 Å². The largest absolute Gasteiger partial charge is 0.491 e. The molecule has 1 unspecified atom stereocenters. The van der Waals surface area contributed by atoms with Gasteiger partial charge in [-0.05, 0) is 63.2 Å². The Morgan fingerprint density at radius 2 is 1.93 bits per heavy atom. The molecule has 0 radical (unpaired) electrons. The van der Waals surface area contributed by atoms with Crippen molar-refractivity contribution in [2.75, 3.05) is 0 Å². The first-order valence-corrected chi connectivity index (χ1v) is 5.98. The van der Waals surface area contributed by atoms with E-state index >= 15 is 0 Å². The van der Waals surface area contributed by atoms with Gasteiger partial charge in [0.15, 0.2) is 0 Å². The molecule has 84 valence electrons. The van der Waals surface area contributed by atoms with Crippen LogP contribution in [-0.4, -0.2) is 12.1 Å². The molecule has 0 heterocycles. The fourth-order valence-electron chi connectivity index (χ4n) is 2.36. The molecule has 2 nitrogen and oxygen atoms in total. The highest BCUT2D eigenvalue weighted by Crippen LogP contribution is 2.30. The first-order chi connectivity index (χ1) is 7.18. The summed E-state index contributed by atoms with van der Waals surface area (Å²) in [6.07, 6.45) is 8.61. The molecule has 2 aliphatic rings. The average molecular weight is 207 g/mol. The number of rotatable bonds is 2. The molecule has 0 aromatic heterocycles. The van der Waals surface area contributed by atoms with Crippen LogP contribution in [0, 0.1) is 0 Å². The van der Waals surface area contributed by atoms with Gasteiger partial charge in [0.2, 0.25) is 0 Å². The standard InChI is InChI=1S/C13H21NO/c1-9-10(2)13(8-7-12(9)14)15-11-5-3-4-6-11/h8,11-12H,3-7,14H2,1-2H3. The SMILES string of the molecule is CC1=C(C)C(N)CC=C1OC1CCCC1. The molecule has 0 saturated heterocycles. The summed E-state index contributed by atoms with van der Waals surface area (Å²) < 4.78 is 6.03. The van der Waals surface area contributed by atoms with E-state index in [-0.39, 0.29) is 6.04 Å². The first kappa shape index (κ1) is 10.7. The van der Waals surface area contributed by atoms with E-state index < -0.39 is 0 Å². The maximum absolute atomic E-state index is 6.03. The first-order valence-electron chi connectivity index (χ1n) is 5.98. The van der Waals surface area contributed by atoms with Gasteiger partial charge in [-0.15, -0.1) is 0 Å². The third kappa shape index (κ3) is 2.25. The number of allylic oxidation sites excluding steroid dienone is 1. The molecule has 1 fully saturated rings. The van der Waals surface area contributed by atoms with Crippen LogP contribution in [0.2, 0.25) is 0 Å². The minimum Gasteiger partial charge on any atom is -0.491 e. The lowest BCUT2D eigenvalue weighted by Gasteiger charge is -2.24. The van der Waals surface area contributed by atoms with E-state index in [1.165, 1.54) is 36.8 Å². The number of hydrogen-bond acceptors (Lipinski definition) is 2. The molecular formula is C13H21NO. The minimum atomic E-state index is 0.195. The van der Waals surface area contributed by atoms with E-state index in [0.717, 1.165) is 12.2 Å². The van der Waals surface area contributed by atoms with Gasteiger partial charge in [0.1, 0.15) is 5.76 Å². The fourth-order valence-corrected chi connectivity index (χ4v) is 2.36. The van der Waals surface area contributed by atoms with Crippen LogP contribution < -0.4 is 5.73 Å². The van der Waals surface area contributed by atoms with Crippen LogP contribution in [0.15, 0.2) is 23.0 Å². The van der Waals surface area contributed by atoms with Gasteiger partial charge in [-0.1, -0.05) is 0 Å². The van der Waals surface area contributed by atoms with Crippen LogP contribution in [-0.2, 0) is 4.74 Å². The zero-order chi connectivity index (χ0) is 10.8. The topological polar surface area (TPSA) is 35.2 Å². The molecule has 2 heteroatoms. The highest BCUT2D eigenvalue weighted by molar-refractivity contribution is 5.35. The molecule has 0 aromatic rings. The van der Waals surface area contributed by atoms with Crippen molar-refractivity contribution in [2.45, 2.75) is 58.1 Å². The van der Waals surface area contributed by atoms with Gasteiger partial charge in [-0.25, -0.2) is 0 Å². The van der Waals surface area contributed by atoms with Crippen molar-refractivity contribution in [1.29, 1.82) is 0 Å². The van der Waals surface area contributed by atoms with Crippen molar-refractivity contribution in [3.63, 3.8) is 0 Å². The van der Waals surface area contributed by atoms with Crippen molar-refractivity contribution in [2.24, 2.45) is 5.73 Å². The van der Waals surface area contributed by atoms with Crippen molar-refractivity contribution >= 4 is 0 Å². The molecule has 0 aliphatic heterocycles. The Bertz CT molecular complexity index is 298. The van der Waals surface area contributed by atoms with Crippen LogP contribution in [0.5, 0.6) is 0 Å². The van der Waals surface area contributed by atoms with Crippen molar-refractivity contribution in [1.82, 2.24) is 0 Å². The Labute approximate surface area is 92.2 Å². The Hall–Kier alpha value is -0.760. The van der Waals surface area contributed by atoms with Crippen LogP contribution in [0.4, 0.5) is 0 Å². The van der Waals surface area contributed by atoms with Gasteiger partial charge >= 0.3 is 0 Å². The maximum atomic E-state index is 6.03. The normalized spacial score (nSPS) is 28.2. The van der Waals surface area contributed by atoms with Crippen LogP contribution in [0.3, 0.4) is 0 Å². The summed E-state index contributed by atoms with van der Waals surface area (Å²) in [4.78, 5) is 0. The minimum absolute atomic E-state index is 0.195. The van der Waals surface area contributed by atoms with Crippen molar-refractivity contribution in [3.05, 3.63) is 23.0 Å². The third-order valence-electron chi connectivity index (χ3n) is 3.67. The number of nitrogens with two attached hydrogens (primary N) is 1. The summed E-state index contributed by atoms with van der Waals surface area (Å²) >= 11 is 0.